The molecule has 0 fully saturated rings. The molecular formula is C12H20N4O3S2. The van der Waals surface area contributed by atoms with Gasteiger partial charge in [-0.1, -0.05) is 32.0 Å². The van der Waals surface area contributed by atoms with Gasteiger partial charge in [-0.05, 0) is 12.8 Å². The Hall–Kier alpha value is -1.19. The Morgan fingerprint density at radius 3 is 2.76 bits per heavy atom. The van der Waals surface area contributed by atoms with Crippen LogP contribution in [0.25, 0.3) is 0 Å². The first kappa shape index (κ1) is 17.9. The molecule has 1 aromatic heterocycles. The van der Waals surface area contributed by atoms with Gasteiger partial charge in [-0.2, -0.15) is 9.36 Å². The first-order valence-electron chi connectivity index (χ1n) is 6.79. The minimum Gasteiger partial charge on any atom is -0.480 e. The zero-order valence-electron chi connectivity index (χ0n) is 12.1. The number of hydrogen-bond donors (Lipinski definition) is 3. The van der Waals surface area contributed by atoms with Crippen LogP contribution >= 0.6 is 23.3 Å². The summed E-state index contributed by atoms with van der Waals surface area (Å²) in [5, 5.41) is 15.4. The van der Waals surface area contributed by atoms with E-state index in [4.69, 9.17) is 5.11 Å². The molecule has 0 saturated heterocycles. The third kappa shape index (κ3) is 6.87. The van der Waals surface area contributed by atoms with Gasteiger partial charge in [-0.3, -0.25) is 20.2 Å². The smallest absolute Gasteiger partial charge is 0.320 e. The fourth-order valence-corrected chi connectivity index (χ4v) is 2.91. The van der Waals surface area contributed by atoms with E-state index >= 15 is 0 Å². The molecule has 0 aliphatic rings. The molecule has 1 aromatic rings. The molecule has 0 saturated carbocycles. The van der Waals surface area contributed by atoms with E-state index in [-0.39, 0.29) is 12.5 Å². The summed E-state index contributed by atoms with van der Waals surface area (Å²) in [7, 11) is 0. The van der Waals surface area contributed by atoms with E-state index in [0.717, 1.165) is 30.1 Å². The topological polar surface area (TPSA) is 104 Å². The van der Waals surface area contributed by atoms with Crippen LogP contribution in [0.15, 0.2) is 5.16 Å². The van der Waals surface area contributed by atoms with Gasteiger partial charge in [0.2, 0.25) is 16.2 Å². The molecule has 118 valence electrons. The van der Waals surface area contributed by atoms with Crippen LogP contribution in [0.3, 0.4) is 0 Å². The highest BCUT2D eigenvalue weighted by atomic mass is 32.2. The molecule has 21 heavy (non-hydrogen) atoms. The first-order valence-corrected chi connectivity index (χ1v) is 8.55. The van der Waals surface area contributed by atoms with Crippen molar-refractivity contribution in [1.82, 2.24) is 14.7 Å². The van der Waals surface area contributed by atoms with E-state index in [2.05, 4.69) is 26.9 Å². The minimum absolute atomic E-state index is 0.0615. The summed E-state index contributed by atoms with van der Waals surface area (Å²) in [4.78, 5) is 26.9. The van der Waals surface area contributed by atoms with Gasteiger partial charge in [0.15, 0.2) is 0 Å². The highest BCUT2D eigenvalue weighted by molar-refractivity contribution is 7.99. The number of rotatable bonds is 10. The fraction of sp³-hybridized carbons (Fsp3) is 0.667. The fourth-order valence-electron chi connectivity index (χ4n) is 1.49. The summed E-state index contributed by atoms with van der Waals surface area (Å²) in [5.74, 6) is -0.331. The Morgan fingerprint density at radius 1 is 1.38 bits per heavy atom. The standard InChI is InChI=1S/C12H20N4O3S2/c1-3-5-8(10(18)19)13-7-9(17)14-11-15-12(16-21-11)20-6-4-2/h8,13H,3-7H2,1-2H3,(H,18,19)(H,14,15,16,17). The molecule has 1 heterocycles. The average Bonchev–Trinajstić information content (AvgIpc) is 2.88. The summed E-state index contributed by atoms with van der Waals surface area (Å²) in [6, 6.07) is -0.703. The number of carboxylic acid groups (broad SMARTS) is 1. The lowest BCUT2D eigenvalue weighted by molar-refractivity contribution is -0.139. The number of aromatic nitrogens is 2. The number of nitrogens with zero attached hydrogens (tertiary/aromatic N) is 2. The average molecular weight is 332 g/mol. The Bertz CT molecular complexity index is 467. The van der Waals surface area contributed by atoms with Crippen LogP contribution in [0.2, 0.25) is 0 Å². The van der Waals surface area contributed by atoms with Gasteiger partial charge in [0, 0.05) is 17.3 Å². The lowest BCUT2D eigenvalue weighted by Gasteiger charge is -2.12. The lowest BCUT2D eigenvalue weighted by atomic mass is 10.2. The predicted molar refractivity (Wildman–Crippen MR) is 83.9 cm³/mol. The SMILES string of the molecule is CCCSc1nsc(NC(=O)CNC(CCC)C(=O)O)n1. The molecule has 1 atom stereocenters. The molecule has 0 bridgehead atoms. The molecule has 3 N–H and O–H groups in total. The lowest BCUT2D eigenvalue weighted by Crippen LogP contribution is -2.41. The molecule has 0 aliphatic heterocycles. The number of carboxylic acids is 1. The maximum absolute atomic E-state index is 11.7. The number of carbonyl (C=O) groups excluding carboxylic acids is 1. The van der Waals surface area contributed by atoms with Crippen LogP contribution in [0.1, 0.15) is 33.1 Å². The van der Waals surface area contributed by atoms with Crippen molar-refractivity contribution in [3.8, 4) is 0 Å². The normalized spacial score (nSPS) is 12.1. The summed E-state index contributed by atoms with van der Waals surface area (Å²) >= 11 is 2.66. The highest BCUT2D eigenvalue weighted by Crippen LogP contribution is 2.20. The zero-order chi connectivity index (χ0) is 15.7. The van der Waals surface area contributed by atoms with Gasteiger partial charge in [0.25, 0.3) is 0 Å². The molecule has 1 rings (SSSR count). The third-order valence-corrected chi connectivity index (χ3v) is 4.27. The van der Waals surface area contributed by atoms with Gasteiger partial charge in [0.05, 0.1) is 6.54 Å². The number of thioether (sulfide) groups is 1. The second-order valence-electron chi connectivity index (χ2n) is 4.34. The van der Waals surface area contributed by atoms with E-state index in [0.29, 0.717) is 16.7 Å². The largest absolute Gasteiger partial charge is 0.480 e. The van der Waals surface area contributed by atoms with Gasteiger partial charge in [-0.15, -0.1) is 0 Å². The highest BCUT2D eigenvalue weighted by Gasteiger charge is 2.17. The molecule has 0 aromatic carbocycles. The number of nitrogens with one attached hydrogen (secondary N) is 2. The maximum Gasteiger partial charge on any atom is 0.320 e. The summed E-state index contributed by atoms with van der Waals surface area (Å²) in [6.45, 7) is 3.91. The van der Waals surface area contributed by atoms with Crippen LogP contribution in [0, 0.1) is 0 Å². The zero-order valence-corrected chi connectivity index (χ0v) is 13.7. The Morgan fingerprint density at radius 2 is 2.14 bits per heavy atom. The molecule has 0 spiro atoms. The van der Waals surface area contributed by atoms with E-state index in [1.807, 2.05) is 6.92 Å². The van der Waals surface area contributed by atoms with Crippen molar-refractivity contribution in [2.75, 3.05) is 17.6 Å². The summed E-state index contributed by atoms with van der Waals surface area (Å²) < 4.78 is 4.12. The molecule has 1 unspecified atom stereocenters. The molecular weight excluding hydrogens is 312 g/mol. The summed E-state index contributed by atoms with van der Waals surface area (Å²) in [6.07, 6.45) is 2.25. The number of hydrogen-bond acceptors (Lipinski definition) is 7. The van der Waals surface area contributed by atoms with Gasteiger partial charge in [0.1, 0.15) is 6.04 Å². The minimum atomic E-state index is -0.946. The van der Waals surface area contributed by atoms with Crippen molar-refractivity contribution in [2.24, 2.45) is 0 Å². The van der Waals surface area contributed by atoms with Crippen LogP contribution in [0.4, 0.5) is 5.13 Å². The van der Waals surface area contributed by atoms with Crippen molar-refractivity contribution >= 4 is 40.3 Å². The van der Waals surface area contributed by atoms with Crippen LogP contribution in [-0.4, -0.2) is 44.7 Å². The van der Waals surface area contributed by atoms with Crippen LogP contribution in [0.5, 0.6) is 0 Å². The third-order valence-electron chi connectivity index (χ3n) is 2.47. The molecule has 7 nitrogen and oxygen atoms in total. The van der Waals surface area contributed by atoms with Crippen molar-refractivity contribution in [3.63, 3.8) is 0 Å². The monoisotopic (exact) mass is 332 g/mol. The van der Waals surface area contributed by atoms with Gasteiger partial charge in [-0.25, -0.2) is 0 Å². The Labute approximate surface area is 132 Å². The van der Waals surface area contributed by atoms with E-state index in [1.165, 1.54) is 0 Å². The number of amides is 1. The van der Waals surface area contributed by atoms with E-state index in [1.54, 1.807) is 11.8 Å². The molecule has 9 heteroatoms. The van der Waals surface area contributed by atoms with Crippen molar-refractivity contribution in [1.29, 1.82) is 0 Å². The van der Waals surface area contributed by atoms with Gasteiger partial charge < -0.3 is 5.11 Å². The van der Waals surface area contributed by atoms with Crippen LogP contribution < -0.4 is 10.6 Å². The molecule has 0 radical (unpaired) electrons. The number of anilines is 1. The Kier molecular flexibility index (Phi) is 8.24. The van der Waals surface area contributed by atoms with E-state index < -0.39 is 12.0 Å². The summed E-state index contributed by atoms with van der Waals surface area (Å²) in [5.41, 5.74) is 0. The van der Waals surface area contributed by atoms with Crippen molar-refractivity contribution < 1.29 is 14.7 Å². The molecule has 0 aliphatic carbocycles. The Balaban J connectivity index is 2.39. The first-order chi connectivity index (χ1) is 10.1. The maximum atomic E-state index is 11.7. The predicted octanol–water partition coefficient (Wildman–Crippen LogP) is 1.82. The van der Waals surface area contributed by atoms with Crippen molar-refractivity contribution in [3.05, 3.63) is 0 Å². The quantitative estimate of drug-likeness (QED) is 0.561. The van der Waals surface area contributed by atoms with Crippen molar-refractivity contribution in [2.45, 2.75) is 44.3 Å². The second-order valence-corrected chi connectivity index (χ2v) is 6.15. The van der Waals surface area contributed by atoms with E-state index in [9.17, 15) is 9.59 Å². The molecule has 1 amide bonds. The second kappa shape index (κ2) is 9.69. The van der Waals surface area contributed by atoms with Gasteiger partial charge >= 0.3 is 5.97 Å². The number of carbonyl (C=O) groups is 2. The number of aliphatic carboxylic acids is 1. The van der Waals surface area contributed by atoms with Crippen LogP contribution in [-0.2, 0) is 9.59 Å².